The van der Waals surface area contributed by atoms with Gasteiger partial charge in [0.25, 0.3) is 0 Å². The molecule has 1 atom stereocenters. The lowest BCUT2D eigenvalue weighted by atomic mass is 10.3. The molecule has 1 aliphatic rings. The first-order valence-corrected chi connectivity index (χ1v) is 3.62. The maximum atomic E-state index is 10.9. The number of nitrogens with two attached hydrogens (primary N) is 1. The van der Waals surface area contributed by atoms with Crippen molar-refractivity contribution < 1.29 is 14.7 Å². The van der Waals surface area contributed by atoms with Crippen LogP contribution in [-0.4, -0.2) is 47.7 Å². The Labute approximate surface area is 81.5 Å². The Hall–Kier alpha value is -1.01. The third-order valence-corrected chi connectivity index (χ3v) is 1.71. The SMILES string of the molecule is Cl.N[C@@H]1CN(C(=O)O)CCNC1=O. The lowest BCUT2D eigenvalue weighted by Crippen LogP contribution is -2.44. The summed E-state index contributed by atoms with van der Waals surface area (Å²) in [5.41, 5.74) is 5.39. The molecule has 0 aromatic heterocycles. The first-order chi connectivity index (χ1) is 5.61. The molecule has 2 amide bonds. The van der Waals surface area contributed by atoms with Crippen LogP contribution in [0.15, 0.2) is 0 Å². The van der Waals surface area contributed by atoms with E-state index in [9.17, 15) is 9.59 Å². The fourth-order valence-electron chi connectivity index (χ4n) is 1.03. The number of carbonyl (C=O) groups excluding carboxylic acids is 1. The molecule has 1 saturated heterocycles. The van der Waals surface area contributed by atoms with Crippen molar-refractivity contribution in [1.82, 2.24) is 10.2 Å². The van der Waals surface area contributed by atoms with Crippen LogP contribution in [0.1, 0.15) is 0 Å². The van der Waals surface area contributed by atoms with Crippen molar-refractivity contribution in [3.63, 3.8) is 0 Å². The number of halogens is 1. The number of rotatable bonds is 0. The Kier molecular flexibility index (Phi) is 4.50. The normalized spacial score (nSPS) is 22.7. The molecule has 4 N–H and O–H groups in total. The Bertz CT molecular complexity index is 211. The summed E-state index contributed by atoms with van der Waals surface area (Å²) in [5, 5.41) is 11.1. The molecule has 1 aliphatic heterocycles. The van der Waals surface area contributed by atoms with Gasteiger partial charge in [-0.3, -0.25) is 4.79 Å². The van der Waals surface area contributed by atoms with Gasteiger partial charge in [0.15, 0.2) is 0 Å². The van der Waals surface area contributed by atoms with Gasteiger partial charge in [0.2, 0.25) is 5.91 Å². The maximum Gasteiger partial charge on any atom is 0.407 e. The number of amides is 2. The standard InChI is InChI=1S/C6H11N3O3.ClH/c7-4-3-9(6(11)12)2-1-8-5(4)10;/h4H,1-3,7H2,(H,8,10)(H,11,12);1H/t4-;/m1./s1. The summed E-state index contributed by atoms with van der Waals surface area (Å²) < 4.78 is 0. The van der Waals surface area contributed by atoms with Gasteiger partial charge in [0.1, 0.15) is 6.04 Å². The highest BCUT2D eigenvalue weighted by molar-refractivity contribution is 5.85. The molecule has 7 heteroatoms. The van der Waals surface area contributed by atoms with E-state index in [1.165, 1.54) is 0 Å². The van der Waals surface area contributed by atoms with Crippen molar-refractivity contribution in [3.8, 4) is 0 Å². The summed E-state index contributed by atoms with van der Waals surface area (Å²) in [7, 11) is 0. The topological polar surface area (TPSA) is 95.7 Å². The van der Waals surface area contributed by atoms with E-state index in [-0.39, 0.29) is 24.9 Å². The Morgan fingerprint density at radius 1 is 1.69 bits per heavy atom. The second-order valence-electron chi connectivity index (χ2n) is 2.63. The van der Waals surface area contributed by atoms with E-state index >= 15 is 0 Å². The third kappa shape index (κ3) is 3.08. The zero-order valence-electron chi connectivity index (χ0n) is 6.90. The fourth-order valence-corrected chi connectivity index (χ4v) is 1.03. The lowest BCUT2D eigenvalue weighted by molar-refractivity contribution is -0.121. The van der Waals surface area contributed by atoms with Gasteiger partial charge in [0.05, 0.1) is 0 Å². The van der Waals surface area contributed by atoms with E-state index in [0.29, 0.717) is 13.1 Å². The smallest absolute Gasteiger partial charge is 0.407 e. The molecule has 0 aliphatic carbocycles. The van der Waals surface area contributed by atoms with Crippen LogP contribution < -0.4 is 11.1 Å². The minimum atomic E-state index is -1.04. The number of hydrogen-bond acceptors (Lipinski definition) is 3. The van der Waals surface area contributed by atoms with E-state index in [1.807, 2.05) is 0 Å². The molecule has 0 saturated carbocycles. The third-order valence-electron chi connectivity index (χ3n) is 1.71. The molecule has 76 valence electrons. The maximum absolute atomic E-state index is 10.9. The molecule has 0 aromatic rings. The minimum Gasteiger partial charge on any atom is -0.465 e. The average Bonchev–Trinajstić information content (AvgIpc) is 2.15. The summed E-state index contributed by atoms with van der Waals surface area (Å²) in [6.45, 7) is 0.703. The van der Waals surface area contributed by atoms with Crippen molar-refractivity contribution in [2.24, 2.45) is 5.73 Å². The molecule has 13 heavy (non-hydrogen) atoms. The van der Waals surface area contributed by atoms with E-state index in [0.717, 1.165) is 4.90 Å². The van der Waals surface area contributed by atoms with Crippen LogP contribution in [0, 0.1) is 0 Å². The molecule has 6 nitrogen and oxygen atoms in total. The van der Waals surface area contributed by atoms with Crippen molar-refractivity contribution in [2.45, 2.75) is 6.04 Å². The number of carboxylic acid groups (broad SMARTS) is 1. The second-order valence-corrected chi connectivity index (χ2v) is 2.63. The Morgan fingerprint density at radius 3 is 2.85 bits per heavy atom. The van der Waals surface area contributed by atoms with Crippen LogP contribution in [0.2, 0.25) is 0 Å². The van der Waals surface area contributed by atoms with Crippen LogP contribution in [0.5, 0.6) is 0 Å². The fraction of sp³-hybridized carbons (Fsp3) is 0.667. The van der Waals surface area contributed by atoms with Crippen LogP contribution >= 0.6 is 12.4 Å². The molecule has 1 rings (SSSR count). The Morgan fingerprint density at radius 2 is 2.31 bits per heavy atom. The number of hydrogen-bond donors (Lipinski definition) is 3. The van der Waals surface area contributed by atoms with Gasteiger partial charge in [-0.15, -0.1) is 12.4 Å². The number of nitrogens with zero attached hydrogens (tertiary/aromatic N) is 1. The van der Waals surface area contributed by atoms with Crippen molar-refractivity contribution in [2.75, 3.05) is 19.6 Å². The summed E-state index contributed by atoms with van der Waals surface area (Å²) in [6.07, 6.45) is -1.04. The molecular weight excluding hydrogens is 198 g/mol. The van der Waals surface area contributed by atoms with E-state index in [1.54, 1.807) is 0 Å². The van der Waals surface area contributed by atoms with Crippen molar-refractivity contribution >= 4 is 24.4 Å². The highest BCUT2D eigenvalue weighted by Gasteiger charge is 2.23. The predicted molar refractivity (Wildman–Crippen MR) is 47.8 cm³/mol. The lowest BCUT2D eigenvalue weighted by Gasteiger charge is -2.16. The van der Waals surface area contributed by atoms with Gasteiger partial charge >= 0.3 is 6.09 Å². The molecule has 0 unspecified atom stereocenters. The monoisotopic (exact) mass is 209 g/mol. The highest BCUT2D eigenvalue weighted by Crippen LogP contribution is 1.95. The van der Waals surface area contributed by atoms with E-state index in [2.05, 4.69) is 5.32 Å². The van der Waals surface area contributed by atoms with Gasteiger partial charge in [-0.25, -0.2) is 4.79 Å². The van der Waals surface area contributed by atoms with Gasteiger partial charge < -0.3 is 21.1 Å². The summed E-state index contributed by atoms with van der Waals surface area (Å²) in [6, 6.07) is -0.747. The van der Waals surface area contributed by atoms with Gasteiger partial charge in [-0.1, -0.05) is 0 Å². The second kappa shape index (κ2) is 4.88. The first kappa shape index (κ1) is 12.0. The highest BCUT2D eigenvalue weighted by atomic mass is 35.5. The van der Waals surface area contributed by atoms with E-state index in [4.69, 9.17) is 10.8 Å². The summed E-state index contributed by atoms with van der Waals surface area (Å²) in [4.78, 5) is 22.5. The summed E-state index contributed by atoms with van der Waals surface area (Å²) in [5.74, 6) is -0.293. The molecule has 0 spiro atoms. The van der Waals surface area contributed by atoms with Crippen LogP contribution in [0.3, 0.4) is 0 Å². The first-order valence-electron chi connectivity index (χ1n) is 3.62. The number of carbonyl (C=O) groups is 2. The van der Waals surface area contributed by atoms with Crippen molar-refractivity contribution in [3.05, 3.63) is 0 Å². The van der Waals surface area contributed by atoms with Gasteiger partial charge in [-0.05, 0) is 0 Å². The molecule has 0 bridgehead atoms. The molecule has 1 fully saturated rings. The van der Waals surface area contributed by atoms with Crippen LogP contribution in [-0.2, 0) is 4.79 Å². The van der Waals surface area contributed by atoms with E-state index < -0.39 is 12.1 Å². The zero-order valence-corrected chi connectivity index (χ0v) is 7.71. The summed E-state index contributed by atoms with van der Waals surface area (Å²) >= 11 is 0. The minimum absolute atomic E-state index is 0. The van der Waals surface area contributed by atoms with Gasteiger partial charge in [-0.2, -0.15) is 0 Å². The molecule has 0 radical (unpaired) electrons. The number of nitrogens with one attached hydrogen (secondary N) is 1. The predicted octanol–water partition coefficient (Wildman–Crippen LogP) is -1.15. The molecular formula is C6H12ClN3O3. The average molecular weight is 210 g/mol. The van der Waals surface area contributed by atoms with Crippen LogP contribution in [0.4, 0.5) is 4.79 Å². The zero-order chi connectivity index (χ0) is 9.14. The van der Waals surface area contributed by atoms with Gasteiger partial charge in [0, 0.05) is 19.6 Å². The molecule has 1 heterocycles. The van der Waals surface area contributed by atoms with Crippen LogP contribution in [0.25, 0.3) is 0 Å². The molecule has 0 aromatic carbocycles. The Balaban J connectivity index is 0.00000144. The van der Waals surface area contributed by atoms with Crippen molar-refractivity contribution in [1.29, 1.82) is 0 Å². The largest absolute Gasteiger partial charge is 0.465 e. The quantitative estimate of drug-likeness (QED) is 0.469.